The van der Waals surface area contributed by atoms with E-state index in [4.69, 9.17) is 0 Å². The van der Waals surface area contributed by atoms with Gasteiger partial charge in [0.25, 0.3) is 5.91 Å². The van der Waals surface area contributed by atoms with Crippen LogP contribution in [-0.2, 0) is 24.3 Å². The van der Waals surface area contributed by atoms with Crippen LogP contribution in [0.4, 0.5) is 9.18 Å². The van der Waals surface area contributed by atoms with Gasteiger partial charge in [-0.1, -0.05) is 36.4 Å². The highest BCUT2D eigenvalue weighted by atomic mass is 32.2. The van der Waals surface area contributed by atoms with Gasteiger partial charge in [0.05, 0.1) is 24.0 Å². The first-order chi connectivity index (χ1) is 14.3. The van der Waals surface area contributed by atoms with Crippen LogP contribution in [0.2, 0.25) is 0 Å². The Balaban J connectivity index is 1.69. The molecule has 0 radical (unpaired) electrons. The fraction of sp³-hybridized carbons (Fsp3) is 0.211. The summed E-state index contributed by atoms with van der Waals surface area (Å²) in [6.45, 7) is -1.17. The van der Waals surface area contributed by atoms with Gasteiger partial charge in [0, 0.05) is 0 Å². The lowest BCUT2D eigenvalue weighted by atomic mass is 10.1. The highest BCUT2D eigenvalue weighted by molar-refractivity contribution is 7.89. The molecule has 2 aromatic carbocycles. The van der Waals surface area contributed by atoms with Crippen LogP contribution in [-0.4, -0.2) is 50.9 Å². The van der Waals surface area contributed by atoms with E-state index in [-0.39, 0.29) is 18.0 Å². The highest BCUT2D eigenvalue weighted by Gasteiger charge is 2.33. The van der Waals surface area contributed by atoms with E-state index < -0.39 is 46.3 Å². The summed E-state index contributed by atoms with van der Waals surface area (Å²) in [6, 6.07) is 12.1. The van der Waals surface area contributed by atoms with Crippen molar-refractivity contribution in [2.75, 3.05) is 19.7 Å². The molecule has 1 aliphatic heterocycles. The Morgan fingerprint density at radius 3 is 2.50 bits per heavy atom. The van der Waals surface area contributed by atoms with Crippen molar-refractivity contribution in [3.05, 3.63) is 66.0 Å². The second-order valence-corrected chi connectivity index (χ2v) is 8.14. The molecule has 9 nitrogen and oxygen atoms in total. The molecule has 0 aromatic heterocycles. The zero-order chi connectivity index (χ0) is 21.7. The summed E-state index contributed by atoms with van der Waals surface area (Å²) < 4.78 is 44.5. The normalized spacial score (nSPS) is 15.0. The van der Waals surface area contributed by atoms with Gasteiger partial charge in [-0.3, -0.25) is 9.59 Å². The molecule has 30 heavy (non-hydrogen) atoms. The van der Waals surface area contributed by atoms with Crippen LogP contribution in [0.15, 0.2) is 59.5 Å². The van der Waals surface area contributed by atoms with Gasteiger partial charge in [-0.25, -0.2) is 27.2 Å². The average molecular weight is 435 g/mol. The van der Waals surface area contributed by atoms with Crippen molar-refractivity contribution in [1.29, 1.82) is 0 Å². The summed E-state index contributed by atoms with van der Waals surface area (Å²) in [6.07, 6.45) is -0.818. The lowest BCUT2D eigenvalue weighted by molar-refractivity contribution is -0.127. The molecule has 0 saturated carbocycles. The summed E-state index contributed by atoms with van der Waals surface area (Å²) in [5, 5.41) is 2.60. The van der Waals surface area contributed by atoms with Crippen LogP contribution >= 0.6 is 0 Å². The molecule has 3 rings (SSSR count). The highest BCUT2D eigenvalue weighted by Crippen LogP contribution is 2.17. The van der Waals surface area contributed by atoms with E-state index in [0.29, 0.717) is 5.56 Å². The third-order valence-electron chi connectivity index (χ3n) is 4.27. The number of rotatable bonds is 8. The SMILES string of the molecule is O=C(CNS(=O)(=O)c1cccc(F)c1)NC(CN1C(=O)COC1=O)c1ccccc1. The van der Waals surface area contributed by atoms with E-state index in [1.807, 2.05) is 0 Å². The number of nitrogens with one attached hydrogen (secondary N) is 2. The van der Waals surface area contributed by atoms with Crippen molar-refractivity contribution in [2.45, 2.75) is 10.9 Å². The van der Waals surface area contributed by atoms with Crippen LogP contribution in [0.1, 0.15) is 11.6 Å². The number of nitrogens with zero attached hydrogens (tertiary/aromatic N) is 1. The second kappa shape index (κ2) is 9.01. The van der Waals surface area contributed by atoms with Gasteiger partial charge in [-0.15, -0.1) is 0 Å². The minimum Gasteiger partial charge on any atom is -0.439 e. The Labute approximate surface area is 171 Å². The molecule has 2 N–H and O–H groups in total. The smallest absolute Gasteiger partial charge is 0.417 e. The number of cyclic esters (lactones) is 1. The van der Waals surface area contributed by atoms with E-state index in [2.05, 4.69) is 14.8 Å². The number of halogens is 1. The Morgan fingerprint density at radius 1 is 1.13 bits per heavy atom. The molecule has 11 heteroatoms. The predicted octanol–water partition coefficient (Wildman–Crippen LogP) is 0.940. The number of carbonyl (C=O) groups excluding carboxylic acids is 3. The van der Waals surface area contributed by atoms with Gasteiger partial charge in [0.1, 0.15) is 5.82 Å². The Kier molecular flexibility index (Phi) is 6.43. The molecule has 0 spiro atoms. The number of hydrogen-bond acceptors (Lipinski definition) is 6. The minimum atomic E-state index is -4.11. The zero-order valence-electron chi connectivity index (χ0n) is 15.6. The summed E-state index contributed by atoms with van der Waals surface area (Å²) in [5.74, 6) is -1.97. The van der Waals surface area contributed by atoms with E-state index in [1.165, 1.54) is 12.1 Å². The van der Waals surface area contributed by atoms with Crippen LogP contribution in [0, 0.1) is 5.82 Å². The molecule has 2 aromatic rings. The standard InChI is InChI=1S/C19H18FN3O6S/c20-14-7-4-8-15(9-14)30(27,28)21-10-17(24)22-16(13-5-2-1-3-6-13)11-23-18(25)12-29-19(23)26/h1-9,16,21H,10-12H2,(H,22,24). The zero-order valence-corrected chi connectivity index (χ0v) is 16.4. The van der Waals surface area contributed by atoms with Crippen LogP contribution < -0.4 is 10.0 Å². The number of amides is 3. The molecule has 0 aliphatic carbocycles. The fourth-order valence-corrected chi connectivity index (χ4v) is 3.80. The summed E-state index contributed by atoms with van der Waals surface area (Å²) in [4.78, 5) is 36.5. The molecule has 1 fully saturated rings. The average Bonchev–Trinajstić information content (AvgIpc) is 3.04. The van der Waals surface area contributed by atoms with E-state index in [0.717, 1.165) is 17.0 Å². The Morgan fingerprint density at radius 2 is 1.87 bits per heavy atom. The van der Waals surface area contributed by atoms with Crippen molar-refractivity contribution < 1.29 is 31.9 Å². The van der Waals surface area contributed by atoms with Crippen LogP contribution in [0.5, 0.6) is 0 Å². The van der Waals surface area contributed by atoms with Gasteiger partial charge in [-0.2, -0.15) is 0 Å². The molecule has 1 heterocycles. The predicted molar refractivity (Wildman–Crippen MR) is 102 cm³/mol. The van der Waals surface area contributed by atoms with Crippen molar-refractivity contribution in [3.8, 4) is 0 Å². The van der Waals surface area contributed by atoms with Gasteiger partial charge < -0.3 is 10.1 Å². The van der Waals surface area contributed by atoms with E-state index >= 15 is 0 Å². The van der Waals surface area contributed by atoms with Crippen molar-refractivity contribution in [2.24, 2.45) is 0 Å². The summed E-state index contributed by atoms with van der Waals surface area (Å²) >= 11 is 0. The van der Waals surface area contributed by atoms with E-state index in [1.54, 1.807) is 30.3 Å². The number of hydrogen-bond donors (Lipinski definition) is 2. The monoisotopic (exact) mass is 435 g/mol. The topological polar surface area (TPSA) is 122 Å². The third-order valence-corrected chi connectivity index (χ3v) is 5.67. The maximum atomic E-state index is 13.3. The molecular weight excluding hydrogens is 417 g/mol. The largest absolute Gasteiger partial charge is 0.439 e. The molecule has 1 saturated heterocycles. The Bertz CT molecular complexity index is 1040. The molecule has 1 aliphatic rings. The van der Waals surface area contributed by atoms with Gasteiger partial charge in [0.15, 0.2) is 6.61 Å². The molecule has 0 bridgehead atoms. The first kappa shape index (κ1) is 21.4. The van der Waals surface area contributed by atoms with Crippen molar-refractivity contribution in [3.63, 3.8) is 0 Å². The first-order valence-corrected chi connectivity index (χ1v) is 10.3. The quantitative estimate of drug-likeness (QED) is 0.637. The number of benzene rings is 2. The van der Waals surface area contributed by atoms with E-state index in [9.17, 15) is 27.2 Å². The molecule has 1 atom stereocenters. The fourth-order valence-electron chi connectivity index (χ4n) is 2.78. The minimum absolute atomic E-state index is 0.177. The van der Waals surface area contributed by atoms with Crippen molar-refractivity contribution in [1.82, 2.24) is 14.9 Å². The van der Waals surface area contributed by atoms with Crippen molar-refractivity contribution >= 4 is 27.9 Å². The lowest BCUT2D eigenvalue weighted by Gasteiger charge is -2.23. The van der Waals surface area contributed by atoms with Crippen LogP contribution in [0.25, 0.3) is 0 Å². The number of carbonyl (C=O) groups is 3. The molecular formula is C19H18FN3O6S. The molecule has 158 valence electrons. The maximum Gasteiger partial charge on any atom is 0.417 e. The second-order valence-electron chi connectivity index (χ2n) is 6.37. The first-order valence-electron chi connectivity index (χ1n) is 8.83. The van der Waals surface area contributed by atoms with Gasteiger partial charge >= 0.3 is 6.09 Å². The van der Waals surface area contributed by atoms with Gasteiger partial charge in [0.2, 0.25) is 15.9 Å². The maximum absolute atomic E-state index is 13.3. The number of sulfonamides is 1. The third kappa shape index (κ3) is 5.19. The number of ether oxygens (including phenoxy) is 1. The summed E-state index contributed by atoms with van der Waals surface area (Å²) in [7, 11) is -4.11. The molecule has 1 unspecified atom stereocenters. The lowest BCUT2D eigenvalue weighted by Crippen LogP contribution is -2.43. The Hall–Kier alpha value is -3.31. The summed E-state index contributed by atoms with van der Waals surface area (Å²) in [5.41, 5.74) is 0.603. The van der Waals surface area contributed by atoms with Crippen LogP contribution in [0.3, 0.4) is 0 Å². The van der Waals surface area contributed by atoms with Gasteiger partial charge in [-0.05, 0) is 23.8 Å². The molecule has 3 amide bonds. The number of imide groups is 1.